The Labute approximate surface area is 166 Å². The summed E-state index contributed by atoms with van der Waals surface area (Å²) in [7, 11) is 0. The Balaban J connectivity index is 1.28. The highest BCUT2D eigenvalue weighted by Gasteiger charge is 2.27. The number of nitrogens with one attached hydrogen (secondary N) is 1. The van der Waals surface area contributed by atoms with Crippen LogP contribution in [0.2, 0.25) is 0 Å². The van der Waals surface area contributed by atoms with Gasteiger partial charge in [0.25, 0.3) is 5.91 Å². The van der Waals surface area contributed by atoms with E-state index in [0.29, 0.717) is 29.7 Å². The van der Waals surface area contributed by atoms with E-state index in [2.05, 4.69) is 15.5 Å². The highest BCUT2D eigenvalue weighted by Crippen LogP contribution is 2.28. The highest BCUT2D eigenvalue weighted by atomic mass is 32.1. The zero-order valence-corrected chi connectivity index (χ0v) is 16.0. The lowest BCUT2D eigenvalue weighted by molar-refractivity contribution is -0.131. The molecule has 2 amide bonds. The first-order valence-corrected chi connectivity index (χ1v) is 10.1. The van der Waals surface area contributed by atoms with Gasteiger partial charge in [0, 0.05) is 24.6 Å². The molecule has 0 radical (unpaired) electrons. The number of nitrogens with zero attached hydrogens (tertiary/aromatic N) is 3. The molecule has 28 heavy (non-hydrogen) atoms. The average Bonchev–Trinajstić information content (AvgIpc) is 3.45. The van der Waals surface area contributed by atoms with Crippen LogP contribution in [0.1, 0.15) is 34.3 Å². The van der Waals surface area contributed by atoms with Gasteiger partial charge in [-0.1, -0.05) is 41.6 Å². The van der Waals surface area contributed by atoms with Crippen LogP contribution >= 0.6 is 11.3 Å². The third kappa shape index (κ3) is 4.12. The lowest BCUT2D eigenvalue weighted by Crippen LogP contribution is -2.43. The number of carbonyl (C=O) groups excluding carboxylic acids is 2. The van der Waals surface area contributed by atoms with Crippen molar-refractivity contribution in [2.45, 2.75) is 18.8 Å². The normalized spacial score (nSPS) is 14.8. The van der Waals surface area contributed by atoms with Gasteiger partial charge in [0.2, 0.25) is 17.6 Å². The predicted octanol–water partition coefficient (Wildman–Crippen LogP) is 2.93. The van der Waals surface area contributed by atoms with Gasteiger partial charge in [-0.05, 0) is 24.3 Å². The molecule has 0 spiro atoms. The fourth-order valence-corrected chi connectivity index (χ4v) is 3.88. The van der Waals surface area contributed by atoms with Crippen LogP contribution in [0.5, 0.6) is 0 Å². The number of hydrogen-bond acceptors (Lipinski definition) is 6. The zero-order valence-electron chi connectivity index (χ0n) is 15.2. The molecule has 0 unspecified atom stereocenters. The molecule has 1 fully saturated rings. The van der Waals surface area contributed by atoms with Crippen LogP contribution in [0.25, 0.3) is 11.4 Å². The van der Waals surface area contributed by atoms with Gasteiger partial charge in [0.05, 0.1) is 11.4 Å². The number of piperidine rings is 1. The molecular formula is C20H20N4O3S. The summed E-state index contributed by atoms with van der Waals surface area (Å²) in [5.74, 6) is 1.08. The third-order valence-electron chi connectivity index (χ3n) is 4.82. The van der Waals surface area contributed by atoms with Crippen LogP contribution < -0.4 is 5.32 Å². The van der Waals surface area contributed by atoms with Crippen LogP contribution in [0, 0.1) is 0 Å². The van der Waals surface area contributed by atoms with E-state index >= 15 is 0 Å². The molecule has 0 bridgehead atoms. The Hall–Kier alpha value is -3.00. The number of thiophene rings is 1. The van der Waals surface area contributed by atoms with Gasteiger partial charge in [-0.3, -0.25) is 9.59 Å². The number of benzene rings is 1. The minimum absolute atomic E-state index is 0.0140. The van der Waals surface area contributed by atoms with E-state index in [-0.39, 0.29) is 24.3 Å². The van der Waals surface area contributed by atoms with Crippen molar-refractivity contribution in [1.29, 1.82) is 0 Å². The summed E-state index contributed by atoms with van der Waals surface area (Å²) in [6.45, 7) is 1.24. The minimum Gasteiger partial charge on any atom is -0.342 e. The molecule has 0 atom stereocenters. The number of carbonyl (C=O) groups is 2. The molecule has 4 rings (SSSR count). The van der Waals surface area contributed by atoms with Crippen molar-refractivity contribution in [3.8, 4) is 11.4 Å². The Morgan fingerprint density at radius 1 is 1.14 bits per heavy atom. The third-order valence-corrected chi connectivity index (χ3v) is 5.68. The summed E-state index contributed by atoms with van der Waals surface area (Å²) in [6, 6.07) is 13.3. The molecule has 3 heterocycles. The van der Waals surface area contributed by atoms with Crippen molar-refractivity contribution in [2.75, 3.05) is 19.6 Å². The lowest BCUT2D eigenvalue weighted by Gasteiger charge is -2.30. The Morgan fingerprint density at radius 2 is 1.93 bits per heavy atom. The van der Waals surface area contributed by atoms with Gasteiger partial charge < -0.3 is 14.7 Å². The molecule has 8 heteroatoms. The molecule has 1 N–H and O–H groups in total. The number of likely N-dealkylation sites (tertiary alicyclic amines) is 1. The van der Waals surface area contributed by atoms with Crippen molar-refractivity contribution < 1.29 is 14.1 Å². The summed E-state index contributed by atoms with van der Waals surface area (Å²) < 4.78 is 5.45. The first kappa shape index (κ1) is 18.4. The van der Waals surface area contributed by atoms with Gasteiger partial charge in [-0.15, -0.1) is 11.3 Å². The molecule has 1 aliphatic heterocycles. The van der Waals surface area contributed by atoms with E-state index in [0.717, 1.165) is 18.4 Å². The predicted molar refractivity (Wildman–Crippen MR) is 105 cm³/mol. The Morgan fingerprint density at radius 3 is 2.64 bits per heavy atom. The average molecular weight is 396 g/mol. The number of amides is 2. The minimum atomic E-state index is -0.211. The van der Waals surface area contributed by atoms with E-state index in [9.17, 15) is 9.59 Å². The van der Waals surface area contributed by atoms with Gasteiger partial charge in [0.15, 0.2) is 0 Å². The van der Waals surface area contributed by atoms with Crippen LogP contribution in [0.3, 0.4) is 0 Å². The maximum absolute atomic E-state index is 12.4. The van der Waals surface area contributed by atoms with Crippen molar-refractivity contribution in [3.05, 3.63) is 58.6 Å². The van der Waals surface area contributed by atoms with Crippen molar-refractivity contribution in [1.82, 2.24) is 20.4 Å². The second kappa shape index (κ2) is 8.35. The van der Waals surface area contributed by atoms with Gasteiger partial charge in [0.1, 0.15) is 0 Å². The van der Waals surface area contributed by atoms with Crippen LogP contribution in [-0.2, 0) is 4.79 Å². The second-order valence-corrected chi connectivity index (χ2v) is 7.58. The maximum atomic E-state index is 12.4. The van der Waals surface area contributed by atoms with E-state index in [1.165, 1.54) is 11.3 Å². The molecule has 144 valence electrons. The second-order valence-electron chi connectivity index (χ2n) is 6.64. The molecule has 1 aliphatic rings. The van der Waals surface area contributed by atoms with Crippen molar-refractivity contribution >= 4 is 23.2 Å². The molecule has 0 aliphatic carbocycles. The first-order valence-electron chi connectivity index (χ1n) is 9.19. The fourth-order valence-electron chi connectivity index (χ4n) is 3.24. The highest BCUT2D eigenvalue weighted by molar-refractivity contribution is 7.12. The SMILES string of the molecule is O=C(NCC(=O)N1CCC(c2nc(-c3ccccc3)no2)CC1)c1cccs1. The van der Waals surface area contributed by atoms with E-state index in [1.807, 2.05) is 41.8 Å². The quantitative estimate of drug-likeness (QED) is 0.716. The summed E-state index contributed by atoms with van der Waals surface area (Å²) in [5, 5.41) is 8.60. The fraction of sp³-hybridized carbons (Fsp3) is 0.300. The summed E-state index contributed by atoms with van der Waals surface area (Å²) in [4.78, 5) is 31.2. The maximum Gasteiger partial charge on any atom is 0.261 e. The molecule has 7 nitrogen and oxygen atoms in total. The molecule has 2 aromatic heterocycles. The molecular weight excluding hydrogens is 376 g/mol. The summed E-state index contributed by atoms with van der Waals surface area (Å²) >= 11 is 1.36. The van der Waals surface area contributed by atoms with Crippen LogP contribution in [-0.4, -0.2) is 46.5 Å². The number of aromatic nitrogens is 2. The van der Waals surface area contributed by atoms with Gasteiger partial charge in [-0.2, -0.15) is 4.98 Å². The number of hydrogen-bond donors (Lipinski definition) is 1. The topological polar surface area (TPSA) is 88.3 Å². The largest absolute Gasteiger partial charge is 0.342 e. The molecule has 0 saturated carbocycles. The van der Waals surface area contributed by atoms with Crippen molar-refractivity contribution in [2.24, 2.45) is 0 Å². The lowest BCUT2D eigenvalue weighted by atomic mass is 9.96. The number of rotatable bonds is 5. The van der Waals surface area contributed by atoms with Crippen LogP contribution in [0.4, 0.5) is 0 Å². The van der Waals surface area contributed by atoms with E-state index in [1.54, 1.807) is 11.0 Å². The summed E-state index contributed by atoms with van der Waals surface area (Å²) in [6.07, 6.45) is 1.53. The standard InChI is InChI=1S/C20H20N4O3S/c25-17(13-21-19(26)16-7-4-12-28-16)24-10-8-15(9-11-24)20-22-18(23-27-20)14-5-2-1-3-6-14/h1-7,12,15H,8-11,13H2,(H,21,26). The first-order chi connectivity index (χ1) is 13.7. The van der Waals surface area contributed by atoms with E-state index < -0.39 is 0 Å². The van der Waals surface area contributed by atoms with Gasteiger partial charge in [-0.25, -0.2) is 0 Å². The van der Waals surface area contributed by atoms with Crippen molar-refractivity contribution in [3.63, 3.8) is 0 Å². The molecule has 1 aromatic carbocycles. The monoisotopic (exact) mass is 396 g/mol. The van der Waals surface area contributed by atoms with E-state index in [4.69, 9.17) is 4.52 Å². The molecule has 1 saturated heterocycles. The summed E-state index contributed by atoms with van der Waals surface area (Å²) in [5.41, 5.74) is 0.923. The zero-order chi connectivity index (χ0) is 19.3. The Kier molecular flexibility index (Phi) is 5.48. The Bertz CT molecular complexity index is 932. The molecule has 3 aromatic rings. The van der Waals surface area contributed by atoms with Gasteiger partial charge >= 0.3 is 0 Å². The smallest absolute Gasteiger partial charge is 0.261 e. The van der Waals surface area contributed by atoms with Crippen LogP contribution in [0.15, 0.2) is 52.4 Å².